The summed E-state index contributed by atoms with van der Waals surface area (Å²) in [6.45, 7) is 0. The quantitative estimate of drug-likeness (QED) is 0.571. The smallest absolute Gasteiger partial charge is 0.252 e. The van der Waals surface area contributed by atoms with Crippen molar-refractivity contribution in [2.75, 3.05) is 5.88 Å². The van der Waals surface area contributed by atoms with E-state index in [1.807, 2.05) is 0 Å². The molecule has 2 N–H and O–H groups in total. The van der Waals surface area contributed by atoms with Crippen molar-refractivity contribution in [1.29, 1.82) is 0 Å². The van der Waals surface area contributed by atoms with Crippen LogP contribution in [-0.4, -0.2) is 16.0 Å². The lowest BCUT2D eigenvalue weighted by atomic mass is 10.2. The molecule has 0 fully saturated rings. The van der Waals surface area contributed by atoms with Gasteiger partial charge < -0.3 is 10.1 Å². The fraction of sp³-hybridized carbons (Fsp3) is 0.286. The zero-order chi connectivity index (χ0) is 9.14. The van der Waals surface area contributed by atoms with E-state index < -0.39 is 5.56 Å². The van der Waals surface area contributed by atoms with E-state index in [-0.39, 0.29) is 10.9 Å². The van der Waals surface area contributed by atoms with E-state index in [1.54, 1.807) is 0 Å². The SMILES string of the molecule is O=c1cc(O)c(CCCl)c(Cl)[nH]1. The van der Waals surface area contributed by atoms with Gasteiger partial charge in [0.25, 0.3) is 5.56 Å². The normalized spacial score (nSPS) is 10.2. The van der Waals surface area contributed by atoms with Gasteiger partial charge in [-0.15, -0.1) is 11.6 Å². The Morgan fingerprint density at radius 2 is 2.25 bits per heavy atom. The number of aromatic amines is 1. The van der Waals surface area contributed by atoms with Gasteiger partial charge in [-0.3, -0.25) is 4.79 Å². The van der Waals surface area contributed by atoms with E-state index in [4.69, 9.17) is 23.2 Å². The summed E-state index contributed by atoms with van der Waals surface area (Å²) in [4.78, 5) is 13.1. The van der Waals surface area contributed by atoms with Crippen molar-refractivity contribution in [1.82, 2.24) is 4.98 Å². The standard InChI is InChI=1S/C7H7Cl2NO2/c8-2-1-4-5(11)3-6(12)10-7(4)9/h3H,1-2H2,(H2,10,11,12). The van der Waals surface area contributed by atoms with Crippen LogP contribution >= 0.6 is 23.2 Å². The second-order valence-electron chi connectivity index (χ2n) is 2.25. The highest BCUT2D eigenvalue weighted by Gasteiger charge is 2.06. The van der Waals surface area contributed by atoms with E-state index in [9.17, 15) is 9.90 Å². The van der Waals surface area contributed by atoms with Gasteiger partial charge >= 0.3 is 0 Å². The van der Waals surface area contributed by atoms with Crippen molar-refractivity contribution >= 4 is 23.2 Å². The molecule has 1 rings (SSSR count). The summed E-state index contributed by atoms with van der Waals surface area (Å²) < 4.78 is 0. The summed E-state index contributed by atoms with van der Waals surface area (Å²) in [5.74, 6) is 0.240. The Morgan fingerprint density at radius 1 is 1.58 bits per heavy atom. The number of nitrogens with one attached hydrogen (secondary N) is 1. The minimum atomic E-state index is -0.421. The maximum atomic E-state index is 10.7. The van der Waals surface area contributed by atoms with Gasteiger partial charge in [-0.05, 0) is 6.42 Å². The fourth-order valence-corrected chi connectivity index (χ4v) is 1.35. The first kappa shape index (κ1) is 9.42. The monoisotopic (exact) mass is 207 g/mol. The molecule has 1 aromatic rings. The summed E-state index contributed by atoms with van der Waals surface area (Å²) in [7, 11) is 0. The predicted octanol–water partition coefficient (Wildman–Crippen LogP) is 1.52. The number of alkyl halides is 1. The van der Waals surface area contributed by atoms with Gasteiger partial charge in [-0.25, -0.2) is 0 Å². The molecule has 0 saturated heterocycles. The Hall–Kier alpha value is -0.670. The number of rotatable bonds is 2. The molecule has 0 aromatic carbocycles. The molecule has 0 aliphatic heterocycles. The van der Waals surface area contributed by atoms with Gasteiger partial charge in [0.15, 0.2) is 0 Å². The zero-order valence-corrected chi connectivity index (χ0v) is 7.61. The first-order valence-corrected chi connectivity index (χ1v) is 4.23. The maximum absolute atomic E-state index is 10.7. The van der Waals surface area contributed by atoms with Crippen molar-refractivity contribution in [2.45, 2.75) is 6.42 Å². The molecule has 0 aliphatic carbocycles. The van der Waals surface area contributed by atoms with Gasteiger partial charge in [-0.1, -0.05) is 11.6 Å². The van der Waals surface area contributed by atoms with E-state index in [2.05, 4.69) is 4.98 Å². The molecule has 0 bridgehead atoms. The van der Waals surface area contributed by atoms with Gasteiger partial charge in [0, 0.05) is 17.5 Å². The largest absolute Gasteiger partial charge is 0.507 e. The lowest BCUT2D eigenvalue weighted by Crippen LogP contribution is -2.06. The lowest BCUT2D eigenvalue weighted by Gasteiger charge is -2.02. The Labute approximate surface area is 78.9 Å². The van der Waals surface area contributed by atoms with Gasteiger partial charge in [0.1, 0.15) is 10.9 Å². The molecule has 0 atom stereocenters. The molecule has 0 radical (unpaired) electrons. The molecule has 0 unspecified atom stereocenters. The fourth-order valence-electron chi connectivity index (χ4n) is 0.876. The van der Waals surface area contributed by atoms with Crippen LogP contribution in [0.1, 0.15) is 5.56 Å². The number of pyridine rings is 1. The van der Waals surface area contributed by atoms with E-state index >= 15 is 0 Å². The van der Waals surface area contributed by atoms with Crippen LogP contribution in [0.2, 0.25) is 5.15 Å². The molecule has 0 aliphatic rings. The molecule has 1 aromatic heterocycles. The van der Waals surface area contributed by atoms with E-state index in [0.717, 1.165) is 6.07 Å². The van der Waals surface area contributed by atoms with Crippen LogP contribution in [-0.2, 0) is 6.42 Å². The van der Waals surface area contributed by atoms with Crippen molar-refractivity contribution in [3.63, 3.8) is 0 Å². The number of aromatic nitrogens is 1. The molecule has 0 spiro atoms. The van der Waals surface area contributed by atoms with Gasteiger partial charge in [-0.2, -0.15) is 0 Å². The first-order valence-electron chi connectivity index (χ1n) is 3.31. The summed E-state index contributed by atoms with van der Waals surface area (Å²) >= 11 is 11.1. The predicted molar refractivity (Wildman–Crippen MR) is 48.2 cm³/mol. The summed E-state index contributed by atoms with van der Waals surface area (Å²) in [6.07, 6.45) is 0.434. The molecule has 1 heterocycles. The van der Waals surface area contributed by atoms with Crippen LogP contribution in [0.4, 0.5) is 0 Å². The van der Waals surface area contributed by atoms with Crippen molar-refractivity contribution in [2.24, 2.45) is 0 Å². The van der Waals surface area contributed by atoms with Crippen LogP contribution in [0.25, 0.3) is 0 Å². The van der Waals surface area contributed by atoms with Crippen molar-refractivity contribution in [3.05, 3.63) is 27.1 Å². The van der Waals surface area contributed by atoms with E-state index in [1.165, 1.54) is 0 Å². The molecular weight excluding hydrogens is 201 g/mol. The van der Waals surface area contributed by atoms with Crippen LogP contribution in [0.15, 0.2) is 10.9 Å². The number of halogens is 2. The van der Waals surface area contributed by atoms with Crippen molar-refractivity contribution < 1.29 is 5.11 Å². The number of aromatic hydroxyl groups is 1. The second-order valence-corrected chi connectivity index (χ2v) is 3.01. The highest BCUT2D eigenvalue weighted by atomic mass is 35.5. The van der Waals surface area contributed by atoms with Crippen LogP contribution < -0.4 is 5.56 Å². The Balaban J connectivity index is 3.18. The first-order chi connectivity index (χ1) is 5.65. The van der Waals surface area contributed by atoms with E-state index in [0.29, 0.717) is 17.9 Å². The summed E-state index contributed by atoms with van der Waals surface area (Å²) in [5.41, 5.74) is 0.0575. The second kappa shape index (κ2) is 3.83. The highest BCUT2D eigenvalue weighted by Crippen LogP contribution is 2.21. The maximum Gasteiger partial charge on any atom is 0.252 e. The molecule has 12 heavy (non-hydrogen) atoms. The third kappa shape index (κ3) is 1.93. The minimum absolute atomic E-state index is 0.107. The number of H-pyrrole nitrogens is 1. The van der Waals surface area contributed by atoms with Crippen LogP contribution in [0, 0.1) is 0 Å². The van der Waals surface area contributed by atoms with Gasteiger partial charge in [0.05, 0.1) is 0 Å². The van der Waals surface area contributed by atoms with Crippen LogP contribution in [0.3, 0.4) is 0 Å². The lowest BCUT2D eigenvalue weighted by molar-refractivity contribution is 0.467. The molecule has 66 valence electrons. The molecule has 3 nitrogen and oxygen atoms in total. The molecule has 0 saturated carbocycles. The Morgan fingerprint density at radius 3 is 2.75 bits per heavy atom. The topological polar surface area (TPSA) is 53.1 Å². The highest BCUT2D eigenvalue weighted by molar-refractivity contribution is 6.30. The summed E-state index contributed by atoms with van der Waals surface area (Å²) in [5, 5.41) is 9.39. The third-order valence-corrected chi connectivity index (χ3v) is 1.93. The van der Waals surface area contributed by atoms with Gasteiger partial charge in [0.2, 0.25) is 0 Å². The molecule has 0 amide bonds. The average molecular weight is 208 g/mol. The number of hydrogen-bond donors (Lipinski definition) is 2. The Kier molecular flexibility index (Phi) is 3.00. The number of hydrogen-bond acceptors (Lipinski definition) is 2. The molecular formula is C7H7Cl2NO2. The average Bonchev–Trinajstić information content (AvgIpc) is 1.96. The van der Waals surface area contributed by atoms with Crippen molar-refractivity contribution in [3.8, 4) is 5.75 Å². The summed E-state index contributed by atoms with van der Waals surface area (Å²) in [6, 6.07) is 1.08. The zero-order valence-electron chi connectivity index (χ0n) is 6.10. The minimum Gasteiger partial charge on any atom is -0.507 e. The third-order valence-electron chi connectivity index (χ3n) is 1.42. The Bertz CT molecular complexity index is 308. The molecule has 5 heteroatoms. The van der Waals surface area contributed by atoms with Crippen LogP contribution in [0.5, 0.6) is 5.75 Å².